The van der Waals surface area contributed by atoms with Gasteiger partial charge in [0.2, 0.25) is 11.8 Å². The van der Waals surface area contributed by atoms with Crippen molar-refractivity contribution >= 4 is 40.1 Å². The van der Waals surface area contributed by atoms with E-state index in [-0.39, 0.29) is 23.9 Å². The number of halogens is 1. The molecule has 1 atom stereocenters. The second-order valence-electron chi connectivity index (χ2n) is 6.91. The van der Waals surface area contributed by atoms with Crippen LogP contribution in [0.25, 0.3) is 0 Å². The molecule has 0 radical (unpaired) electrons. The molecule has 1 fully saturated rings. The fraction of sp³-hybridized carbons (Fsp3) is 0.286. The molecule has 1 heterocycles. The predicted molar refractivity (Wildman–Crippen MR) is 111 cm³/mol. The largest absolute Gasteiger partial charge is 0.324 e. The molecule has 146 valence electrons. The molecule has 28 heavy (non-hydrogen) atoms. The number of amidine groups is 1. The van der Waals surface area contributed by atoms with Gasteiger partial charge in [0, 0.05) is 13.0 Å². The Hall–Kier alpha value is -2.67. The molecule has 2 aromatic carbocycles. The minimum atomic E-state index is -0.576. The number of nitrogens with one attached hydrogen (secondary N) is 1. The van der Waals surface area contributed by atoms with Gasteiger partial charge in [-0.15, -0.1) is 0 Å². The number of hydrogen-bond donors (Lipinski definition) is 1. The van der Waals surface area contributed by atoms with Crippen LogP contribution >= 0.6 is 11.8 Å². The Morgan fingerprint density at radius 3 is 2.54 bits per heavy atom. The Kier molecular flexibility index (Phi) is 6.46. The average molecular weight is 399 g/mol. The molecule has 0 aromatic heterocycles. The van der Waals surface area contributed by atoms with Crippen molar-refractivity contribution in [2.24, 2.45) is 10.9 Å². The van der Waals surface area contributed by atoms with Crippen molar-refractivity contribution in [1.82, 2.24) is 4.90 Å². The van der Waals surface area contributed by atoms with Crippen molar-refractivity contribution in [3.05, 3.63) is 60.4 Å². The summed E-state index contributed by atoms with van der Waals surface area (Å²) in [5.41, 5.74) is 0.864. The summed E-state index contributed by atoms with van der Waals surface area (Å²) >= 11 is 1.28. The number of anilines is 1. The van der Waals surface area contributed by atoms with E-state index >= 15 is 0 Å². The molecule has 1 aliphatic rings. The van der Waals surface area contributed by atoms with E-state index in [2.05, 4.69) is 10.3 Å². The molecule has 0 spiro atoms. The third kappa shape index (κ3) is 4.98. The lowest BCUT2D eigenvalue weighted by atomic mass is 10.2. The SMILES string of the molecule is CC(C)CN1C(=O)[C@@H](CC(=O)Nc2ccccc2F)SC1=Nc1ccccc1. The Balaban J connectivity index is 1.74. The van der Waals surface area contributed by atoms with Crippen molar-refractivity contribution in [2.45, 2.75) is 25.5 Å². The van der Waals surface area contributed by atoms with Gasteiger partial charge >= 0.3 is 0 Å². The molecule has 0 aliphatic carbocycles. The second-order valence-corrected chi connectivity index (χ2v) is 8.08. The number of para-hydroxylation sites is 2. The number of carbonyl (C=O) groups excluding carboxylic acids is 2. The summed E-state index contributed by atoms with van der Waals surface area (Å²) in [6.45, 7) is 4.58. The van der Waals surface area contributed by atoms with Crippen LogP contribution in [0.2, 0.25) is 0 Å². The number of aliphatic imine (C=N–C) groups is 1. The van der Waals surface area contributed by atoms with Gasteiger partial charge in [-0.2, -0.15) is 0 Å². The van der Waals surface area contributed by atoms with E-state index in [1.165, 1.54) is 23.9 Å². The molecular formula is C21H22FN3O2S. The minimum absolute atomic E-state index is 0.0414. The average Bonchev–Trinajstić information content (AvgIpc) is 2.93. The summed E-state index contributed by atoms with van der Waals surface area (Å²) in [7, 11) is 0. The fourth-order valence-electron chi connectivity index (χ4n) is 2.80. The lowest BCUT2D eigenvalue weighted by Gasteiger charge is -2.18. The van der Waals surface area contributed by atoms with Crippen LogP contribution in [0, 0.1) is 11.7 Å². The molecule has 2 amide bonds. The Morgan fingerprint density at radius 1 is 1.18 bits per heavy atom. The van der Waals surface area contributed by atoms with E-state index < -0.39 is 17.0 Å². The van der Waals surface area contributed by atoms with Crippen LogP contribution in [0.3, 0.4) is 0 Å². The minimum Gasteiger partial charge on any atom is -0.324 e. The number of hydrogen-bond acceptors (Lipinski definition) is 4. The molecule has 3 rings (SSSR count). The summed E-state index contributed by atoms with van der Waals surface area (Å²) in [5.74, 6) is -0.788. The molecule has 0 saturated carbocycles. The molecule has 1 aliphatic heterocycles. The zero-order chi connectivity index (χ0) is 20.1. The first-order valence-electron chi connectivity index (χ1n) is 9.10. The summed E-state index contributed by atoms with van der Waals surface area (Å²) in [6, 6.07) is 15.4. The lowest BCUT2D eigenvalue weighted by molar-refractivity contribution is -0.128. The molecule has 7 heteroatoms. The number of carbonyl (C=O) groups is 2. The van der Waals surface area contributed by atoms with E-state index in [0.29, 0.717) is 11.7 Å². The number of nitrogens with zero attached hydrogens (tertiary/aromatic N) is 2. The van der Waals surface area contributed by atoms with E-state index in [4.69, 9.17) is 0 Å². The monoisotopic (exact) mass is 399 g/mol. The summed E-state index contributed by atoms with van der Waals surface area (Å²) in [4.78, 5) is 31.5. The summed E-state index contributed by atoms with van der Waals surface area (Å²) in [6.07, 6.45) is -0.0414. The van der Waals surface area contributed by atoms with Crippen LogP contribution in [-0.2, 0) is 9.59 Å². The van der Waals surface area contributed by atoms with Gasteiger partial charge in [-0.3, -0.25) is 14.5 Å². The van der Waals surface area contributed by atoms with Crippen molar-refractivity contribution in [1.29, 1.82) is 0 Å². The number of rotatable bonds is 6. The van der Waals surface area contributed by atoms with E-state index in [1.54, 1.807) is 17.0 Å². The van der Waals surface area contributed by atoms with Crippen LogP contribution in [0.4, 0.5) is 15.8 Å². The van der Waals surface area contributed by atoms with Gasteiger partial charge in [0.25, 0.3) is 0 Å². The second kappa shape index (κ2) is 9.01. The maximum atomic E-state index is 13.7. The quantitative estimate of drug-likeness (QED) is 0.781. The van der Waals surface area contributed by atoms with E-state index in [9.17, 15) is 14.0 Å². The summed E-state index contributed by atoms with van der Waals surface area (Å²) < 4.78 is 13.7. The Bertz CT molecular complexity index is 886. The highest BCUT2D eigenvalue weighted by molar-refractivity contribution is 8.15. The molecule has 2 aromatic rings. The smallest absolute Gasteiger partial charge is 0.242 e. The number of thioether (sulfide) groups is 1. The van der Waals surface area contributed by atoms with Crippen molar-refractivity contribution in [3.8, 4) is 0 Å². The van der Waals surface area contributed by atoms with Crippen molar-refractivity contribution < 1.29 is 14.0 Å². The molecule has 5 nitrogen and oxygen atoms in total. The van der Waals surface area contributed by atoms with Crippen LogP contribution in [0.1, 0.15) is 20.3 Å². The number of amides is 2. The highest BCUT2D eigenvalue weighted by Crippen LogP contribution is 2.32. The fourth-order valence-corrected chi connectivity index (χ4v) is 3.97. The van der Waals surface area contributed by atoms with E-state index in [1.807, 2.05) is 44.2 Å². The Morgan fingerprint density at radius 2 is 1.86 bits per heavy atom. The zero-order valence-corrected chi connectivity index (χ0v) is 16.6. The lowest BCUT2D eigenvalue weighted by Crippen LogP contribution is -2.36. The number of benzene rings is 2. The first-order valence-corrected chi connectivity index (χ1v) is 9.98. The van der Waals surface area contributed by atoms with Gasteiger partial charge < -0.3 is 5.32 Å². The Labute approximate surface area is 168 Å². The van der Waals surface area contributed by atoms with Crippen LogP contribution in [0.5, 0.6) is 0 Å². The molecule has 1 N–H and O–H groups in total. The highest BCUT2D eigenvalue weighted by Gasteiger charge is 2.39. The maximum Gasteiger partial charge on any atom is 0.242 e. The van der Waals surface area contributed by atoms with Gasteiger partial charge in [-0.25, -0.2) is 9.38 Å². The van der Waals surface area contributed by atoms with E-state index in [0.717, 1.165) is 5.69 Å². The highest BCUT2D eigenvalue weighted by atomic mass is 32.2. The van der Waals surface area contributed by atoms with Crippen LogP contribution in [-0.4, -0.2) is 33.7 Å². The molecule has 0 bridgehead atoms. The standard InChI is InChI=1S/C21H22FN3O2S/c1-14(2)13-25-20(27)18(28-21(25)23-15-8-4-3-5-9-15)12-19(26)24-17-11-7-6-10-16(17)22/h3-11,14,18H,12-13H2,1-2H3,(H,24,26)/t18-/m1/s1. The zero-order valence-electron chi connectivity index (χ0n) is 15.8. The first kappa shape index (κ1) is 20.1. The third-order valence-electron chi connectivity index (χ3n) is 4.07. The molecular weight excluding hydrogens is 377 g/mol. The normalized spacial score (nSPS) is 18.1. The van der Waals surface area contributed by atoms with Crippen LogP contribution < -0.4 is 5.32 Å². The maximum absolute atomic E-state index is 13.7. The topological polar surface area (TPSA) is 61.8 Å². The van der Waals surface area contributed by atoms with Crippen molar-refractivity contribution in [3.63, 3.8) is 0 Å². The predicted octanol–water partition coefficient (Wildman–Crippen LogP) is 4.44. The first-order chi connectivity index (χ1) is 13.4. The van der Waals surface area contributed by atoms with Gasteiger partial charge in [-0.05, 0) is 30.2 Å². The molecule has 1 saturated heterocycles. The van der Waals surface area contributed by atoms with Gasteiger partial charge in [0.1, 0.15) is 11.1 Å². The third-order valence-corrected chi connectivity index (χ3v) is 5.24. The van der Waals surface area contributed by atoms with Crippen molar-refractivity contribution in [2.75, 3.05) is 11.9 Å². The van der Waals surface area contributed by atoms with Crippen LogP contribution in [0.15, 0.2) is 59.6 Å². The molecule has 0 unspecified atom stereocenters. The van der Waals surface area contributed by atoms with Gasteiger partial charge in [0.05, 0.1) is 11.4 Å². The van der Waals surface area contributed by atoms with Gasteiger partial charge in [-0.1, -0.05) is 55.9 Å². The van der Waals surface area contributed by atoms with Gasteiger partial charge in [0.15, 0.2) is 5.17 Å². The summed E-state index contributed by atoms with van der Waals surface area (Å²) in [5, 5.41) is 2.56.